The van der Waals surface area contributed by atoms with Crippen LogP contribution in [0, 0.1) is 0 Å². The van der Waals surface area contributed by atoms with Crippen molar-refractivity contribution in [1.29, 1.82) is 0 Å². The molecule has 0 radical (unpaired) electrons. The molecule has 146 valence electrons. The minimum absolute atomic E-state index is 0.121. The van der Waals surface area contributed by atoms with Gasteiger partial charge in [-0.1, -0.05) is 24.3 Å². The van der Waals surface area contributed by atoms with E-state index in [2.05, 4.69) is 5.32 Å². The van der Waals surface area contributed by atoms with Crippen molar-refractivity contribution in [3.8, 4) is 5.75 Å². The van der Waals surface area contributed by atoms with E-state index >= 15 is 0 Å². The number of amides is 1. The van der Waals surface area contributed by atoms with Crippen molar-refractivity contribution in [1.82, 2.24) is 0 Å². The average molecular weight is 383 g/mol. The van der Waals surface area contributed by atoms with Gasteiger partial charge in [-0.15, -0.1) is 0 Å². The highest BCUT2D eigenvalue weighted by Gasteiger charge is 2.20. The maximum atomic E-state index is 12.2. The molecule has 28 heavy (non-hydrogen) atoms. The molecule has 1 amide bonds. The standard InChI is InChI=1S/C21H21NO6/c1-13(23)16-7-6-8-17(11-16)27-12-20(25)28-15(3)21(26)22-19-10-5-4-9-18(19)14(2)24/h4-11,15H,12H2,1-3H3,(H,22,26)/t15-/m0/s1. The number of ketones is 2. The van der Waals surface area contributed by atoms with Crippen LogP contribution in [0.4, 0.5) is 5.69 Å². The van der Waals surface area contributed by atoms with Gasteiger partial charge in [0.15, 0.2) is 24.3 Å². The molecule has 2 aromatic rings. The fourth-order valence-corrected chi connectivity index (χ4v) is 2.37. The number of Topliss-reactive ketones (excluding diaryl/α,β-unsaturated/α-hetero) is 2. The van der Waals surface area contributed by atoms with E-state index < -0.39 is 24.6 Å². The molecule has 0 bridgehead atoms. The summed E-state index contributed by atoms with van der Waals surface area (Å²) in [5, 5.41) is 2.58. The number of esters is 1. The van der Waals surface area contributed by atoms with Gasteiger partial charge in [0.25, 0.3) is 5.91 Å². The third-order valence-electron chi connectivity index (χ3n) is 3.84. The number of nitrogens with one attached hydrogen (secondary N) is 1. The van der Waals surface area contributed by atoms with Crippen LogP contribution >= 0.6 is 0 Å². The topological polar surface area (TPSA) is 98.8 Å². The lowest BCUT2D eigenvalue weighted by Crippen LogP contribution is -2.32. The first kappa shape index (κ1) is 20.8. The normalized spacial score (nSPS) is 11.2. The number of benzene rings is 2. The van der Waals surface area contributed by atoms with Gasteiger partial charge in [-0.25, -0.2) is 4.79 Å². The number of hydrogen-bond donors (Lipinski definition) is 1. The summed E-state index contributed by atoms with van der Waals surface area (Å²) in [4.78, 5) is 47.1. The summed E-state index contributed by atoms with van der Waals surface area (Å²) in [6.45, 7) is 3.83. The Bertz CT molecular complexity index is 905. The Labute approximate surface area is 162 Å². The molecule has 0 aliphatic carbocycles. The molecule has 0 aromatic heterocycles. The SMILES string of the molecule is CC(=O)c1cccc(OCC(=O)O[C@@H](C)C(=O)Nc2ccccc2C(C)=O)c1. The van der Waals surface area contributed by atoms with Gasteiger partial charge in [-0.3, -0.25) is 14.4 Å². The van der Waals surface area contributed by atoms with E-state index in [1.54, 1.807) is 42.5 Å². The molecule has 0 aliphatic heterocycles. The summed E-state index contributed by atoms with van der Waals surface area (Å²) in [6.07, 6.45) is -1.08. The van der Waals surface area contributed by atoms with E-state index in [9.17, 15) is 19.2 Å². The zero-order chi connectivity index (χ0) is 20.7. The summed E-state index contributed by atoms with van der Waals surface area (Å²) in [5.41, 5.74) is 1.17. The van der Waals surface area contributed by atoms with Crippen molar-refractivity contribution in [2.24, 2.45) is 0 Å². The number of hydrogen-bond acceptors (Lipinski definition) is 6. The Morgan fingerprint density at radius 1 is 0.964 bits per heavy atom. The van der Waals surface area contributed by atoms with E-state index in [-0.39, 0.29) is 11.6 Å². The zero-order valence-corrected chi connectivity index (χ0v) is 15.9. The Morgan fingerprint density at radius 2 is 1.68 bits per heavy atom. The number of carbonyl (C=O) groups is 4. The molecule has 1 N–H and O–H groups in total. The van der Waals surface area contributed by atoms with Crippen molar-refractivity contribution < 1.29 is 28.7 Å². The third-order valence-corrected chi connectivity index (χ3v) is 3.84. The largest absolute Gasteiger partial charge is 0.482 e. The first-order valence-corrected chi connectivity index (χ1v) is 8.62. The van der Waals surface area contributed by atoms with Crippen LogP contribution in [0.15, 0.2) is 48.5 Å². The molecule has 0 spiro atoms. The highest BCUT2D eigenvalue weighted by atomic mass is 16.6. The van der Waals surface area contributed by atoms with E-state index in [1.807, 2.05) is 0 Å². The van der Waals surface area contributed by atoms with Crippen molar-refractivity contribution in [3.63, 3.8) is 0 Å². The molecule has 0 saturated carbocycles. The number of rotatable bonds is 8. The van der Waals surface area contributed by atoms with E-state index in [0.29, 0.717) is 22.6 Å². The summed E-state index contributed by atoms with van der Waals surface area (Å²) in [5.74, 6) is -1.28. The number of carbonyl (C=O) groups excluding carboxylic acids is 4. The van der Waals surface area contributed by atoms with Gasteiger partial charge in [0, 0.05) is 11.1 Å². The highest BCUT2D eigenvalue weighted by Crippen LogP contribution is 2.16. The Balaban J connectivity index is 1.90. The van der Waals surface area contributed by atoms with Crippen LogP contribution in [0.5, 0.6) is 5.75 Å². The minimum atomic E-state index is -1.08. The second-order valence-corrected chi connectivity index (χ2v) is 6.10. The smallest absolute Gasteiger partial charge is 0.344 e. The maximum Gasteiger partial charge on any atom is 0.344 e. The predicted molar refractivity (Wildman–Crippen MR) is 103 cm³/mol. The van der Waals surface area contributed by atoms with Crippen molar-refractivity contribution in [3.05, 3.63) is 59.7 Å². The lowest BCUT2D eigenvalue weighted by Gasteiger charge is -2.15. The quantitative estimate of drug-likeness (QED) is 0.556. The molecular weight excluding hydrogens is 362 g/mol. The van der Waals surface area contributed by atoms with Crippen LogP contribution < -0.4 is 10.1 Å². The molecule has 0 saturated heterocycles. The molecule has 0 unspecified atom stereocenters. The van der Waals surface area contributed by atoms with Crippen LogP contribution in [0.1, 0.15) is 41.5 Å². The van der Waals surface area contributed by atoms with Gasteiger partial charge in [0.1, 0.15) is 5.75 Å². The summed E-state index contributed by atoms with van der Waals surface area (Å²) >= 11 is 0. The van der Waals surface area contributed by atoms with Gasteiger partial charge in [-0.2, -0.15) is 0 Å². The zero-order valence-electron chi connectivity index (χ0n) is 15.9. The number of ether oxygens (including phenoxy) is 2. The fraction of sp³-hybridized carbons (Fsp3) is 0.238. The van der Waals surface area contributed by atoms with Gasteiger partial charge >= 0.3 is 5.97 Å². The van der Waals surface area contributed by atoms with Crippen LogP contribution in [0.3, 0.4) is 0 Å². The molecule has 0 fully saturated rings. The average Bonchev–Trinajstić information content (AvgIpc) is 2.66. The maximum absolute atomic E-state index is 12.2. The summed E-state index contributed by atoms with van der Waals surface area (Å²) < 4.78 is 10.4. The molecule has 7 nitrogen and oxygen atoms in total. The minimum Gasteiger partial charge on any atom is -0.482 e. The molecule has 1 atom stereocenters. The molecular formula is C21H21NO6. The summed E-state index contributed by atoms with van der Waals surface area (Å²) in [7, 11) is 0. The first-order valence-electron chi connectivity index (χ1n) is 8.62. The number of anilines is 1. The van der Waals surface area contributed by atoms with Crippen molar-refractivity contribution in [2.75, 3.05) is 11.9 Å². The summed E-state index contributed by atoms with van der Waals surface area (Å²) in [6, 6.07) is 13.0. The predicted octanol–water partition coefficient (Wildman–Crippen LogP) is 3.04. The Morgan fingerprint density at radius 3 is 2.36 bits per heavy atom. The van der Waals surface area contributed by atoms with E-state index in [1.165, 1.54) is 26.8 Å². The van der Waals surface area contributed by atoms with Gasteiger partial charge in [0.2, 0.25) is 0 Å². The van der Waals surface area contributed by atoms with Crippen LogP contribution in [-0.4, -0.2) is 36.2 Å². The first-order chi connectivity index (χ1) is 13.3. The van der Waals surface area contributed by atoms with Crippen LogP contribution in [-0.2, 0) is 14.3 Å². The fourth-order valence-electron chi connectivity index (χ4n) is 2.37. The second kappa shape index (κ2) is 9.45. The van der Waals surface area contributed by atoms with E-state index in [0.717, 1.165) is 0 Å². The molecule has 0 heterocycles. The third kappa shape index (κ3) is 5.77. The monoisotopic (exact) mass is 383 g/mol. The number of para-hydroxylation sites is 1. The molecule has 2 rings (SSSR count). The second-order valence-electron chi connectivity index (χ2n) is 6.10. The molecule has 7 heteroatoms. The van der Waals surface area contributed by atoms with Gasteiger partial charge in [0.05, 0.1) is 5.69 Å². The van der Waals surface area contributed by atoms with E-state index in [4.69, 9.17) is 9.47 Å². The molecule has 0 aliphatic rings. The Kier molecular flexibility index (Phi) is 7.03. The van der Waals surface area contributed by atoms with Crippen LogP contribution in [0.2, 0.25) is 0 Å². The van der Waals surface area contributed by atoms with Crippen molar-refractivity contribution >= 4 is 29.1 Å². The van der Waals surface area contributed by atoms with Crippen LogP contribution in [0.25, 0.3) is 0 Å². The van der Waals surface area contributed by atoms with Gasteiger partial charge < -0.3 is 14.8 Å². The lowest BCUT2D eigenvalue weighted by molar-refractivity contribution is -0.155. The van der Waals surface area contributed by atoms with Crippen molar-refractivity contribution in [2.45, 2.75) is 26.9 Å². The molecule has 2 aromatic carbocycles. The van der Waals surface area contributed by atoms with Gasteiger partial charge in [-0.05, 0) is 45.0 Å². The Hall–Kier alpha value is -3.48. The lowest BCUT2D eigenvalue weighted by atomic mass is 10.1. The highest BCUT2D eigenvalue weighted by molar-refractivity contribution is 6.04.